The molecule has 1 unspecified atom stereocenters. The van der Waals surface area contributed by atoms with Crippen LogP contribution in [0.2, 0.25) is 0 Å². The second kappa shape index (κ2) is 7.23. The molecule has 1 saturated heterocycles. The van der Waals surface area contributed by atoms with Crippen LogP contribution in [0.5, 0.6) is 5.75 Å². The molecule has 0 aliphatic carbocycles. The number of benzene rings is 1. The molecule has 3 rings (SSSR count). The Balaban J connectivity index is 2.03. The SMILES string of the molecule is CC(=O)c1cc(F)cc(F)c1O[C@H](c1cncc(F)c1)C1CCNC1. The van der Waals surface area contributed by atoms with Crippen molar-refractivity contribution < 1.29 is 22.7 Å². The second-order valence-electron chi connectivity index (χ2n) is 6.05. The van der Waals surface area contributed by atoms with E-state index in [4.69, 9.17) is 4.74 Å². The number of hydrogen-bond acceptors (Lipinski definition) is 4. The van der Waals surface area contributed by atoms with Crippen LogP contribution in [0.25, 0.3) is 0 Å². The van der Waals surface area contributed by atoms with E-state index in [0.717, 1.165) is 25.2 Å². The molecule has 1 aromatic heterocycles. The third-order valence-electron chi connectivity index (χ3n) is 4.21. The number of ether oxygens (including phenoxy) is 1. The number of halogens is 3. The second-order valence-corrected chi connectivity index (χ2v) is 6.05. The number of nitrogens with one attached hydrogen (secondary N) is 1. The van der Waals surface area contributed by atoms with Crippen LogP contribution in [0.3, 0.4) is 0 Å². The zero-order valence-corrected chi connectivity index (χ0v) is 13.6. The van der Waals surface area contributed by atoms with Gasteiger partial charge in [0.15, 0.2) is 17.3 Å². The van der Waals surface area contributed by atoms with Gasteiger partial charge in [-0.3, -0.25) is 9.78 Å². The van der Waals surface area contributed by atoms with Crippen molar-refractivity contribution in [1.29, 1.82) is 0 Å². The summed E-state index contributed by atoms with van der Waals surface area (Å²) >= 11 is 0. The molecular formula is C18H17F3N2O2. The summed E-state index contributed by atoms with van der Waals surface area (Å²) in [6, 6.07) is 2.87. The summed E-state index contributed by atoms with van der Waals surface area (Å²) < 4.78 is 47.1. The number of nitrogens with zero attached hydrogens (tertiary/aromatic N) is 1. The molecule has 1 N–H and O–H groups in total. The number of aromatic nitrogens is 1. The predicted octanol–water partition coefficient (Wildman–Crippen LogP) is 3.43. The highest BCUT2D eigenvalue weighted by atomic mass is 19.1. The molecule has 4 nitrogen and oxygen atoms in total. The third-order valence-corrected chi connectivity index (χ3v) is 4.21. The van der Waals surface area contributed by atoms with E-state index in [0.29, 0.717) is 18.2 Å². The smallest absolute Gasteiger partial charge is 0.168 e. The molecule has 0 bridgehead atoms. The highest BCUT2D eigenvalue weighted by Crippen LogP contribution is 2.35. The molecule has 2 heterocycles. The van der Waals surface area contributed by atoms with E-state index in [-0.39, 0.29) is 17.2 Å². The van der Waals surface area contributed by atoms with Gasteiger partial charge in [0.05, 0.1) is 11.8 Å². The summed E-state index contributed by atoms with van der Waals surface area (Å²) in [5.74, 6) is -3.27. The van der Waals surface area contributed by atoms with Crippen molar-refractivity contribution in [3.05, 3.63) is 59.2 Å². The van der Waals surface area contributed by atoms with E-state index in [1.165, 1.54) is 19.2 Å². The lowest BCUT2D eigenvalue weighted by Crippen LogP contribution is -2.23. The molecule has 0 saturated carbocycles. The van der Waals surface area contributed by atoms with E-state index in [9.17, 15) is 18.0 Å². The lowest BCUT2D eigenvalue weighted by atomic mass is 9.95. The van der Waals surface area contributed by atoms with Crippen LogP contribution in [0.1, 0.15) is 35.4 Å². The molecule has 1 aliphatic rings. The monoisotopic (exact) mass is 350 g/mol. The van der Waals surface area contributed by atoms with Gasteiger partial charge in [-0.05, 0) is 32.0 Å². The first-order valence-corrected chi connectivity index (χ1v) is 7.93. The minimum atomic E-state index is -0.967. The molecule has 1 aromatic carbocycles. The van der Waals surface area contributed by atoms with Gasteiger partial charge in [0.2, 0.25) is 0 Å². The predicted molar refractivity (Wildman–Crippen MR) is 84.9 cm³/mol. The molecule has 2 aromatic rings. The van der Waals surface area contributed by atoms with Crippen molar-refractivity contribution in [1.82, 2.24) is 10.3 Å². The van der Waals surface area contributed by atoms with Crippen molar-refractivity contribution in [3.63, 3.8) is 0 Å². The van der Waals surface area contributed by atoms with Gasteiger partial charge in [0.25, 0.3) is 0 Å². The molecule has 2 atom stereocenters. The van der Waals surface area contributed by atoms with Gasteiger partial charge in [0.1, 0.15) is 17.7 Å². The van der Waals surface area contributed by atoms with Crippen molar-refractivity contribution in [2.75, 3.05) is 13.1 Å². The molecule has 1 aliphatic heterocycles. The van der Waals surface area contributed by atoms with E-state index in [2.05, 4.69) is 10.3 Å². The van der Waals surface area contributed by atoms with Crippen LogP contribution in [-0.2, 0) is 0 Å². The van der Waals surface area contributed by atoms with Crippen molar-refractivity contribution in [2.45, 2.75) is 19.4 Å². The first-order valence-electron chi connectivity index (χ1n) is 7.93. The fourth-order valence-electron chi connectivity index (χ4n) is 3.02. The number of hydrogen-bond donors (Lipinski definition) is 1. The molecule has 25 heavy (non-hydrogen) atoms. The van der Waals surface area contributed by atoms with Crippen LogP contribution >= 0.6 is 0 Å². The van der Waals surface area contributed by atoms with E-state index in [1.54, 1.807) is 0 Å². The van der Waals surface area contributed by atoms with Crippen LogP contribution in [0.15, 0.2) is 30.6 Å². The molecule has 132 valence electrons. The molecular weight excluding hydrogens is 333 g/mol. The van der Waals surface area contributed by atoms with Gasteiger partial charge < -0.3 is 10.1 Å². The quantitative estimate of drug-likeness (QED) is 0.840. The fraction of sp³-hybridized carbons (Fsp3) is 0.333. The van der Waals surface area contributed by atoms with Crippen LogP contribution in [0, 0.1) is 23.4 Å². The van der Waals surface area contributed by atoms with Crippen molar-refractivity contribution in [2.24, 2.45) is 5.92 Å². The maximum absolute atomic E-state index is 14.3. The Morgan fingerprint density at radius 2 is 2.04 bits per heavy atom. The zero-order chi connectivity index (χ0) is 18.0. The Morgan fingerprint density at radius 1 is 1.24 bits per heavy atom. The Kier molecular flexibility index (Phi) is 5.03. The summed E-state index contributed by atoms with van der Waals surface area (Å²) in [7, 11) is 0. The average Bonchev–Trinajstić information content (AvgIpc) is 3.07. The number of rotatable bonds is 5. The maximum Gasteiger partial charge on any atom is 0.168 e. The van der Waals surface area contributed by atoms with Gasteiger partial charge >= 0.3 is 0 Å². The summed E-state index contributed by atoms with van der Waals surface area (Å²) in [6.07, 6.45) is 2.53. The van der Waals surface area contributed by atoms with Gasteiger partial charge in [-0.1, -0.05) is 0 Å². The number of pyridine rings is 1. The third kappa shape index (κ3) is 3.82. The number of Topliss-reactive ketones (excluding diaryl/α,β-unsaturated/α-hetero) is 1. The van der Waals surface area contributed by atoms with E-state index >= 15 is 0 Å². The molecule has 0 radical (unpaired) electrons. The van der Waals surface area contributed by atoms with Crippen LogP contribution < -0.4 is 10.1 Å². The first kappa shape index (κ1) is 17.4. The summed E-state index contributed by atoms with van der Waals surface area (Å²) in [4.78, 5) is 15.6. The summed E-state index contributed by atoms with van der Waals surface area (Å²) in [6.45, 7) is 2.55. The van der Waals surface area contributed by atoms with Crippen LogP contribution in [0.4, 0.5) is 13.2 Å². The fourth-order valence-corrected chi connectivity index (χ4v) is 3.02. The Morgan fingerprint density at radius 3 is 2.68 bits per heavy atom. The zero-order valence-electron chi connectivity index (χ0n) is 13.6. The van der Waals surface area contributed by atoms with Gasteiger partial charge in [0, 0.05) is 30.3 Å². The van der Waals surface area contributed by atoms with Crippen molar-refractivity contribution in [3.8, 4) is 5.75 Å². The molecule has 7 heteroatoms. The lowest BCUT2D eigenvalue weighted by Gasteiger charge is -2.25. The number of carbonyl (C=O) groups excluding carboxylic acids is 1. The average molecular weight is 350 g/mol. The Bertz CT molecular complexity index is 792. The summed E-state index contributed by atoms with van der Waals surface area (Å²) in [5.41, 5.74) is 0.254. The summed E-state index contributed by atoms with van der Waals surface area (Å²) in [5, 5.41) is 3.17. The normalized spacial score (nSPS) is 18.2. The van der Waals surface area contributed by atoms with Gasteiger partial charge in [-0.15, -0.1) is 0 Å². The van der Waals surface area contributed by atoms with Crippen LogP contribution in [-0.4, -0.2) is 23.9 Å². The number of carbonyl (C=O) groups is 1. The minimum Gasteiger partial charge on any atom is -0.481 e. The maximum atomic E-state index is 14.3. The van der Waals surface area contributed by atoms with E-state index < -0.39 is 29.3 Å². The van der Waals surface area contributed by atoms with E-state index in [1.807, 2.05) is 0 Å². The standard InChI is InChI=1S/C18H17F3N2O2/c1-10(24)15-5-13(19)6-16(21)18(15)25-17(11-2-3-22-7-11)12-4-14(20)9-23-8-12/h4-6,8-9,11,17,22H,2-3,7H2,1H3/t11?,17-/m0/s1. The Labute approximate surface area is 143 Å². The van der Waals surface area contributed by atoms with Gasteiger partial charge in [-0.2, -0.15) is 0 Å². The highest BCUT2D eigenvalue weighted by Gasteiger charge is 2.31. The molecule has 1 fully saturated rings. The Hall–Kier alpha value is -2.41. The first-order chi connectivity index (χ1) is 12.0. The largest absolute Gasteiger partial charge is 0.481 e. The minimum absolute atomic E-state index is 0.0622. The van der Waals surface area contributed by atoms with Crippen molar-refractivity contribution >= 4 is 5.78 Å². The highest BCUT2D eigenvalue weighted by molar-refractivity contribution is 5.96. The molecule has 0 spiro atoms. The topological polar surface area (TPSA) is 51.2 Å². The molecule has 0 amide bonds. The van der Waals surface area contributed by atoms with Gasteiger partial charge in [-0.25, -0.2) is 13.2 Å². The lowest BCUT2D eigenvalue weighted by molar-refractivity contribution is 0.0991. The number of ketones is 1.